The van der Waals surface area contributed by atoms with Crippen molar-refractivity contribution in [2.45, 2.75) is 32.4 Å². The first-order valence-corrected chi connectivity index (χ1v) is 5.47. The van der Waals surface area contributed by atoms with Gasteiger partial charge in [0.05, 0.1) is 6.54 Å². The molecule has 84 valence electrons. The van der Waals surface area contributed by atoms with Gasteiger partial charge in [0, 0.05) is 12.6 Å². The van der Waals surface area contributed by atoms with Gasteiger partial charge in [-0.1, -0.05) is 5.16 Å². The van der Waals surface area contributed by atoms with E-state index >= 15 is 0 Å². The Labute approximate surface area is 89.8 Å². The SMILES string of the molecule is CNCC1CCCN1Cc1nc(C)no1. The number of aryl methyl sites for hydroxylation is 1. The molecule has 1 atom stereocenters. The van der Waals surface area contributed by atoms with Crippen molar-refractivity contribution in [1.29, 1.82) is 0 Å². The van der Waals surface area contributed by atoms with Gasteiger partial charge in [0.15, 0.2) is 5.82 Å². The highest BCUT2D eigenvalue weighted by atomic mass is 16.5. The molecule has 1 aromatic heterocycles. The maximum Gasteiger partial charge on any atom is 0.240 e. The normalized spacial score (nSPS) is 22.4. The predicted molar refractivity (Wildman–Crippen MR) is 56.4 cm³/mol. The fourth-order valence-electron chi connectivity index (χ4n) is 2.15. The van der Waals surface area contributed by atoms with Gasteiger partial charge in [0.25, 0.3) is 0 Å². The Morgan fingerprint density at radius 2 is 2.47 bits per heavy atom. The van der Waals surface area contributed by atoms with Gasteiger partial charge < -0.3 is 9.84 Å². The van der Waals surface area contributed by atoms with Crippen LogP contribution in [0, 0.1) is 6.92 Å². The number of nitrogens with one attached hydrogen (secondary N) is 1. The molecule has 0 spiro atoms. The molecule has 15 heavy (non-hydrogen) atoms. The zero-order valence-corrected chi connectivity index (χ0v) is 9.36. The fourth-order valence-corrected chi connectivity index (χ4v) is 2.15. The highest BCUT2D eigenvalue weighted by Crippen LogP contribution is 2.18. The smallest absolute Gasteiger partial charge is 0.240 e. The first-order valence-electron chi connectivity index (χ1n) is 5.47. The number of likely N-dealkylation sites (N-methyl/N-ethyl adjacent to an activating group) is 1. The first kappa shape index (κ1) is 10.6. The van der Waals surface area contributed by atoms with Gasteiger partial charge in [-0.05, 0) is 33.4 Å². The van der Waals surface area contributed by atoms with Crippen molar-refractivity contribution in [1.82, 2.24) is 20.4 Å². The number of nitrogens with zero attached hydrogens (tertiary/aromatic N) is 3. The molecular formula is C10H18N4O. The first-order chi connectivity index (χ1) is 7.29. The van der Waals surface area contributed by atoms with E-state index in [-0.39, 0.29) is 0 Å². The second kappa shape index (κ2) is 4.72. The molecule has 5 nitrogen and oxygen atoms in total. The lowest BCUT2D eigenvalue weighted by molar-refractivity contribution is 0.209. The van der Waals surface area contributed by atoms with Crippen LogP contribution in [-0.4, -0.2) is 41.2 Å². The van der Waals surface area contributed by atoms with E-state index < -0.39 is 0 Å². The number of rotatable bonds is 4. The topological polar surface area (TPSA) is 54.2 Å². The molecular weight excluding hydrogens is 192 g/mol. The van der Waals surface area contributed by atoms with Crippen LogP contribution in [-0.2, 0) is 6.54 Å². The average molecular weight is 210 g/mol. The molecule has 1 N–H and O–H groups in total. The number of hydrogen-bond acceptors (Lipinski definition) is 5. The molecule has 0 saturated carbocycles. The Balaban J connectivity index is 1.93. The van der Waals surface area contributed by atoms with Gasteiger partial charge in [-0.3, -0.25) is 4.90 Å². The molecule has 1 saturated heterocycles. The van der Waals surface area contributed by atoms with Gasteiger partial charge in [0.2, 0.25) is 5.89 Å². The summed E-state index contributed by atoms with van der Waals surface area (Å²) in [5, 5.41) is 7.02. The monoisotopic (exact) mass is 210 g/mol. The zero-order valence-electron chi connectivity index (χ0n) is 9.36. The Morgan fingerprint density at radius 3 is 3.13 bits per heavy atom. The van der Waals surface area contributed by atoms with E-state index in [1.807, 2.05) is 14.0 Å². The minimum Gasteiger partial charge on any atom is -0.338 e. The van der Waals surface area contributed by atoms with Crippen LogP contribution in [0.4, 0.5) is 0 Å². The lowest BCUT2D eigenvalue weighted by Gasteiger charge is -2.22. The van der Waals surface area contributed by atoms with Crippen LogP contribution in [0.15, 0.2) is 4.52 Å². The molecule has 0 radical (unpaired) electrons. The summed E-state index contributed by atoms with van der Waals surface area (Å²) in [6, 6.07) is 0.613. The molecule has 2 heterocycles. The van der Waals surface area contributed by atoms with Crippen LogP contribution in [0.5, 0.6) is 0 Å². The molecule has 0 bridgehead atoms. The average Bonchev–Trinajstić information content (AvgIpc) is 2.78. The summed E-state index contributed by atoms with van der Waals surface area (Å²) in [6.45, 7) is 4.80. The van der Waals surface area contributed by atoms with Crippen molar-refractivity contribution in [3.63, 3.8) is 0 Å². The fraction of sp³-hybridized carbons (Fsp3) is 0.800. The third-order valence-electron chi connectivity index (χ3n) is 2.85. The maximum atomic E-state index is 5.13. The molecule has 0 amide bonds. The lowest BCUT2D eigenvalue weighted by Crippen LogP contribution is -2.36. The molecule has 0 aliphatic carbocycles. The van der Waals surface area contributed by atoms with Crippen molar-refractivity contribution in [2.24, 2.45) is 0 Å². The van der Waals surface area contributed by atoms with Crippen LogP contribution < -0.4 is 5.32 Å². The predicted octanol–water partition coefficient (Wildman–Crippen LogP) is 0.562. The van der Waals surface area contributed by atoms with E-state index in [4.69, 9.17) is 4.52 Å². The number of hydrogen-bond donors (Lipinski definition) is 1. The van der Waals surface area contributed by atoms with Gasteiger partial charge in [-0.2, -0.15) is 4.98 Å². The minimum atomic E-state index is 0.613. The number of likely N-dealkylation sites (tertiary alicyclic amines) is 1. The van der Waals surface area contributed by atoms with E-state index in [0.717, 1.165) is 31.3 Å². The summed E-state index contributed by atoms with van der Waals surface area (Å²) in [5.41, 5.74) is 0. The van der Waals surface area contributed by atoms with Crippen molar-refractivity contribution in [2.75, 3.05) is 20.1 Å². The molecule has 1 aliphatic rings. The third kappa shape index (κ3) is 2.54. The van der Waals surface area contributed by atoms with E-state index in [9.17, 15) is 0 Å². The second-order valence-electron chi connectivity index (χ2n) is 4.06. The largest absolute Gasteiger partial charge is 0.338 e. The highest BCUT2D eigenvalue weighted by Gasteiger charge is 2.25. The molecule has 5 heteroatoms. The Bertz CT molecular complexity index is 312. The second-order valence-corrected chi connectivity index (χ2v) is 4.06. The summed E-state index contributed by atoms with van der Waals surface area (Å²) in [4.78, 5) is 6.64. The summed E-state index contributed by atoms with van der Waals surface area (Å²) >= 11 is 0. The van der Waals surface area contributed by atoms with Crippen LogP contribution in [0.2, 0.25) is 0 Å². The van der Waals surface area contributed by atoms with Gasteiger partial charge in [0.1, 0.15) is 0 Å². The Morgan fingerprint density at radius 1 is 1.60 bits per heavy atom. The zero-order chi connectivity index (χ0) is 10.7. The molecule has 1 fully saturated rings. The van der Waals surface area contributed by atoms with Gasteiger partial charge >= 0.3 is 0 Å². The van der Waals surface area contributed by atoms with Crippen molar-refractivity contribution < 1.29 is 4.52 Å². The minimum absolute atomic E-state index is 0.613. The van der Waals surface area contributed by atoms with E-state index in [2.05, 4.69) is 20.4 Å². The van der Waals surface area contributed by atoms with Crippen molar-refractivity contribution in [3.8, 4) is 0 Å². The van der Waals surface area contributed by atoms with Gasteiger partial charge in [-0.25, -0.2) is 0 Å². The van der Waals surface area contributed by atoms with Crippen LogP contribution in [0.1, 0.15) is 24.6 Å². The van der Waals surface area contributed by atoms with Gasteiger partial charge in [-0.15, -0.1) is 0 Å². The lowest BCUT2D eigenvalue weighted by atomic mass is 10.2. The maximum absolute atomic E-state index is 5.13. The molecule has 1 aliphatic heterocycles. The van der Waals surface area contributed by atoms with Crippen molar-refractivity contribution >= 4 is 0 Å². The quantitative estimate of drug-likeness (QED) is 0.787. The summed E-state index contributed by atoms with van der Waals surface area (Å²) in [5.74, 6) is 1.45. The molecule has 1 aromatic rings. The van der Waals surface area contributed by atoms with E-state index in [1.165, 1.54) is 12.8 Å². The molecule has 2 rings (SSSR count). The molecule has 1 unspecified atom stereocenters. The highest BCUT2D eigenvalue weighted by molar-refractivity contribution is 4.87. The Kier molecular flexibility index (Phi) is 3.33. The van der Waals surface area contributed by atoms with Crippen LogP contribution >= 0.6 is 0 Å². The standard InChI is InChI=1S/C10H18N4O/c1-8-12-10(15-13-8)7-14-5-3-4-9(14)6-11-2/h9,11H,3-7H2,1-2H3. The van der Waals surface area contributed by atoms with Crippen LogP contribution in [0.25, 0.3) is 0 Å². The Hall–Kier alpha value is -0.940. The van der Waals surface area contributed by atoms with Crippen molar-refractivity contribution in [3.05, 3.63) is 11.7 Å². The summed E-state index contributed by atoms with van der Waals surface area (Å²) in [6.07, 6.45) is 2.52. The summed E-state index contributed by atoms with van der Waals surface area (Å²) < 4.78 is 5.13. The molecule has 0 aromatic carbocycles. The van der Waals surface area contributed by atoms with E-state index in [0.29, 0.717) is 6.04 Å². The van der Waals surface area contributed by atoms with Crippen LogP contribution in [0.3, 0.4) is 0 Å². The number of aromatic nitrogens is 2. The van der Waals surface area contributed by atoms with E-state index in [1.54, 1.807) is 0 Å². The summed E-state index contributed by atoms with van der Waals surface area (Å²) in [7, 11) is 1.99. The third-order valence-corrected chi connectivity index (χ3v) is 2.85.